The molecule has 42 heavy (non-hydrogen) atoms. The normalized spacial score (nSPS) is 12.8. The van der Waals surface area contributed by atoms with Gasteiger partial charge in [0.15, 0.2) is 0 Å². The average molecular weight is 571 g/mol. The summed E-state index contributed by atoms with van der Waals surface area (Å²) < 4.78 is 6.15. The topological polar surface area (TPSA) is 46.5 Å². The number of ether oxygens (including phenoxy) is 1. The summed E-state index contributed by atoms with van der Waals surface area (Å²) in [6, 6.07) is 22.8. The third-order valence-electron chi connectivity index (χ3n) is 8.55. The Labute approximate surface area is 255 Å². The number of benzene rings is 3. The lowest BCUT2D eigenvalue weighted by Gasteiger charge is -2.26. The highest BCUT2D eigenvalue weighted by Crippen LogP contribution is 2.43. The molecule has 0 heterocycles. The van der Waals surface area contributed by atoms with Gasteiger partial charge in [0.1, 0.15) is 0 Å². The van der Waals surface area contributed by atoms with Crippen molar-refractivity contribution in [3.05, 3.63) is 83.4 Å². The van der Waals surface area contributed by atoms with Crippen LogP contribution in [0.5, 0.6) is 0 Å². The molecule has 3 aromatic rings. The number of carboxylic acid groups (broad SMARTS) is 1. The van der Waals surface area contributed by atoms with Crippen molar-refractivity contribution in [2.45, 2.75) is 123 Å². The van der Waals surface area contributed by atoms with Gasteiger partial charge in [-0.15, -0.1) is 0 Å². The highest BCUT2D eigenvalue weighted by atomic mass is 16.5. The standard InChI is InChI=1S/C39H54O3/c1-5-8-10-12-13-15-20-33(19-7-3)37-35(27-28-36(39(40)41)38(37)34-21-16-14-17-22-34)32-25-23-31(24-26-32)30(4)42-29-18-11-9-6-2/h14,16-17,21-28,30,33H,5-13,15,18-20,29H2,1-4H3,(H,40,41). The predicted molar refractivity (Wildman–Crippen MR) is 178 cm³/mol. The van der Waals surface area contributed by atoms with Crippen LogP contribution in [0.15, 0.2) is 66.7 Å². The maximum absolute atomic E-state index is 12.6. The van der Waals surface area contributed by atoms with Crippen LogP contribution in [0.2, 0.25) is 0 Å². The summed E-state index contributed by atoms with van der Waals surface area (Å²) in [4.78, 5) is 12.6. The van der Waals surface area contributed by atoms with Gasteiger partial charge in [-0.2, -0.15) is 0 Å². The van der Waals surface area contributed by atoms with Crippen LogP contribution < -0.4 is 0 Å². The Morgan fingerprint density at radius 3 is 1.98 bits per heavy atom. The molecule has 228 valence electrons. The van der Waals surface area contributed by atoms with Crippen molar-refractivity contribution in [1.82, 2.24) is 0 Å². The molecule has 3 aromatic carbocycles. The number of unbranched alkanes of at least 4 members (excludes halogenated alkanes) is 8. The molecule has 0 fully saturated rings. The molecule has 3 heteroatoms. The van der Waals surface area contributed by atoms with Crippen LogP contribution in [-0.4, -0.2) is 17.7 Å². The van der Waals surface area contributed by atoms with Crippen molar-refractivity contribution in [3.8, 4) is 22.3 Å². The summed E-state index contributed by atoms with van der Waals surface area (Å²) in [5.41, 5.74) is 6.94. The molecule has 0 saturated carbocycles. The predicted octanol–water partition coefficient (Wildman–Crippen LogP) is 12.0. The molecule has 0 saturated heterocycles. The third-order valence-corrected chi connectivity index (χ3v) is 8.55. The lowest BCUT2D eigenvalue weighted by atomic mass is 9.78. The zero-order valence-electron chi connectivity index (χ0n) is 26.7. The van der Waals surface area contributed by atoms with Gasteiger partial charge in [0.05, 0.1) is 11.7 Å². The Hall–Kier alpha value is -2.91. The number of carboxylic acids is 1. The summed E-state index contributed by atoms with van der Waals surface area (Å²) in [5.74, 6) is -0.563. The van der Waals surface area contributed by atoms with Gasteiger partial charge >= 0.3 is 5.97 Å². The van der Waals surface area contributed by atoms with E-state index in [4.69, 9.17) is 4.74 Å². The minimum Gasteiger partial charge on any atom is -0.478 e. The molecule has 1 N–H and O–H groups in total. The Morgan fingerprint density at radius 1 is 0.690 bits per heavy atom. The van der Waals surface area contributed by atoms with Crippen LogP contribution >= 0.6 is 0 Å². The summed E-state index contributed by atoms with van der Waals surface area (Å²) in [7, 11) is 0. The number of aromatic carboxylic acids is 1. The van der Waals surface area contributed by atoms with E-state index in [1.807, 2.05) is 24.3 Å². The van der Waals surface area contributed by atoms with Crippen molar-refractivity contribution in [2.24, 2.45) is 0 Å². The molecule has 3 nitrogen and oxygen atoms in total. The maximum Gasteiger partial charge on any atom is 0.336 e. The van der Waals surface area contributed by atoms with E-state index >= 15 is 0 Å². The van der Waals surface area contributed by atoms with Gasteiger partial charge in [-0.3, -0.25) is 0 Å². The molecule has 2 unspecified atom stereocenters. The first-order valence-corrected chi connectivity index (χ1v) is 16.7. The Bertz CT molecular complexity index is 1180. The van der Waals surface area contributed by atoms with Gasteiger partial charge in [0.25, 0.3) is 0 Å². The largest absolute Gasteiger partial charge is 0.478 e. The fourth-order valence-electron chi connectivity index (χ4n) is 6.16. The second kappa shape index (κ2) is 18.6. The molecule has 0 aliphatic carbocycles. The molecular formula is C39H54O3. The molecule has 0 spiro atoms. The summed E-state index contributed by atoms with van der Waals surface area (Å²) in [6.45, 7) is 9.66. The van der Waals surface area contributed by atoms with Crippen molar-refractivity contribution < 1.29 is 14.6 Å². The van der Waals surface area contributed by atoms with Crippen molar-refractivity contribution in [1.29, 1.82) is 0 Å². The molecule has 2 atom stereocenters. The minimum atomic E-state index is -0.864. The van der Waals surface area contributed by atoms with E-state index in [0.29, 0.717) is 11.5 Å². The van der Waals surface area contributed by atoms with Gasteiger partial charge in [-0.25, -0.2) is 4.79 Å². The average Bonchev–Trinajstić information content (AvgIpc) is 3.01. The van der Waals surface area contributed by atoms with Gasteiger partial charge in [0.2, 0.25) is 0 Å². The highest BCUT2D eigenvalue weighted by Gasteiger charge is 2.25. The first-order valence-electron chi connectivity index (χ1n) is 16.7. The number of hydrogen-bond donors (Lipinski definition) is 1. The Morgan fingerprint density at radius 2 is 1.33 bits per heavy atom. The summed E-state index contributed by atoms with van der Waals surface area (Å²) in [5, 5.41) is 10.3. The van der Waals surface area contributed by atoms with Crippen LogP contribution in [-0.2, 0) is 4.74 Å². The summed E-state index contributed by atoms with van der Waals surface area (Å²) in [6.07, 6.45) is 15.6. The van der Waals surface area contributed by atoms with Crippen molar-refractivity contribution in [3.63, 3.8) is 0 Å². The van der Waals surface area contributed by atoms with Gasteiger partial charge in [-0.05, 0) is 66.0 Å². The summed E-state index contributed by atoms with van der Waals surface area (Å²) >= 11 is 0. The van der Waals surface area contributed by atoms with Gasteiger partial charge in [-0.1, -0.05) is 146 Å². The monoisotopic (exact) mass is 570 g/mol. The van der Waals surface area contributed by atoms with Gasteiger partial charge in [0, 0.05) is 12.2 Å². The fourth-order valence-corrected chi connectivity index (χ4v) is 6.16. The lowest BCUT2D eigenvalue weighted by Crippen LogP contribution is -2.09. The highest BCUT2D eigenvalue weighted by molar-refractivity contribution is 5.99. The lowest BCUT2D eigenvalue weighted by molar-refractivity contribution is 0.0628. The molecule has 0 amide bonds. The third kappa shape index (κ3) is 9.83. The van der Waals surface area contributed by atoms with Crippen LogP contribution in [0, 0.1) is 0 Å². The molecule has 0 bridgehead atoms. The Kier molecular flexibility index (Phi) is 14.9. The van der Waals surface area contributed by atoms with Crippen LogP contribution in [0.4, 0.5) is 0 Å². The minimum absolute atomic E-state index is 0.0509. The zero-order chi connectivity index (χ0) is 30.2. The molecule has 0 aromatic heterocycles. The van der Waals surface area contributed by atoms with Crippen molar-refractivity contribution in [2.75, 3.05) is 6.61 Å². The van der Waals surface area contributed by atoms with E-state index in [0.717, 1.165) is 54.5 Å². The maximum atomic E-state index is 12.6. The Balaban J connectivity index is 2.00. The zero-order valence-corrected chi connectivity index (χ0v) is 26.7. The number of carbonyl (C=O) groups is 1. The van der Waals surface area contributed by atoms with E-state index in [-0.39, 0.29) is 6.10 Å². The quantitative estimate of drug-likeness (QED) is 0.137. The van der Waals surface area contributed by atoms with E-state index in [1.165, 1.54) is 68.9 Å². The molecule has 3 rings (SSSR count). The van der Waals surface area contributed by atoms with Crippen LogP contribution in [0.1, 0.15) is 145 Å². The van der Waals surface area contributed by atoms with Crippen LogP contribution in [0.3, 0.4) is 0 Å². The van der Waals surface area contributed by atoms with Crippen LogP contribution in [0.25, 0.3) is 22.3 Å². The number of hydrogen-bond acceptors (Lipinski definition) is 2. The first kappa shape index (κ1) is 33.6. The van der Waals surface area contributed by atoms with E-state index in [9.17, 15) is 9.90 Å². The second-order valence-corrected chi connectivity index (χ2v) is 11.9. The van der Waals surface area contributed by atoms with E-state index in [2.05, 4.69) is 70.2 Å². The molecule has 0 aliphatic rings. The fraction of sp³-hybridized carbons (Fsp3) is 0.513. The van der Waals surface area contributed by atoms with E-state index in [1.54, 1.807) is 0 Å². The molecule has 0 aliphatic heterocycles. The number of rotatable bonds is 20. The smallest absolute Gasteiger partial charge is 0.336 e. The second-order valence-electron chi connectivity index (χ2n) is 11.9. The van der Waals surface area contributed by atoms with Gasteiger partial charge < -0.3 is 9.84 Å². The molecule has 0 radical (unpaired) electrons. The van der Waals surface area contributed by atoms with E-state index < -0.39 is 5.97 Å². The first-order chi connectivity index (χ1) is 20.5. The van der Waals surface area contributed by atoms with Crippen molar-refractivity contribution >= 4 is 5.97 Å². The SMILES string of the molecule is CCCCCCCCC(CCC)c1c(-c2ccc(C(C)OCCCCCC)cc2)ccc(C(=O)O)c1-c1ccccc1. The molecular weight excluding hydrogens is 516 g/mol.